The molecule has 1 aromatic heterocycles. The van der Waals surface area contributed by atoms with Crippen LogP contribution in [0.4, 0.5) is 0 Å². The normalized spacial score (nSPS) is 19.2. The van der Waals surface area contributed by atoms with Crippen LogP contribution >= 0.6 is 0 Å². The molecule has 1 unspecified atom stereocenters. The van der Waals surface area contributed by atoms with Crippen molar-refractivity contribution in [3.8, 4) is 0 Å². The van der Waals surface area contributed by atoms with Crippen LogP contribution in [0.15, 0.2) is 6.07 Å². The first kappa shape index (κ1) is 16.2. The van der Waals surface area contributed by atoms with E-state index in [1.54, 1.807) is 0 Å². The van der Waals surface area contributed by atoms with E-state index in [0.29, 0.717) is 12.5 Å². The van der Waals surface area contributed by atoms with Crippen molar-refractivity contribution in [2.24, 2.45) is 5.92 Å². The molecule has 1 fully saturated rings. The molecule has 4 nitrogen and oxygen atoms in total. The molecule has 0 aliphatic carbocycles. The highest BCUT2D eigenvalue weighted by Crippen LogP contribution is 2.17. The van der Waals surface area contributed by atoms with Crippen LogP contribution in [-0.4, -0.2) is 48.6 Å². The summed E-state index contributed by atoms with van der Waals surface area (Å²) in [6, 6.07) is 2.03. The van der Waals surface area contributed by atoms with E-state index >= 15 is 0 Å². The third-order valence-corrected chi connectivity index (χ3v) is 4.43. The summed E-state index contributed by atoms with van der Waals surface area (Å²) in [7, 11) is 2.03. The number of hydrogen-bond acceptors (Lipinski definition) is 3. The molecule has 0 aromatic carbocycles. The Bertz CT molecular complexity index is 487. The molecule has 0 bridgehead atoms. The summed E-state index contributed by atoms with van der Waals surface area (Å²) in [5.74, 6) is 0.793. The molecule has 118 valence electrons. The molecular weight excluding hydrogens is 264 g/mol. The second-order valence-electron chi connectivity index (χ2n) is 6.23. The maximum atomic E-state index is 12.5. The fraction of sp³-hybridized carbons (Fsp3) is 0.706. The molecule has 0 amide bonds. The Morgan fingerprint density at radius 3 is 2.81 bits per heavy atom. The SMILES string of the molecule is CCn1c(C)cc(C(=O)CN(C)CC2CCCOC2)c1C. The fourth-order valence-corrected chi connectivity index (χ4v) is 3.36. The summed E-state index contributed by atoms with van der Waals surface area (Å²) in [5, 5.41) is 0. The Balaban J connectivity index is 1.94. The van der Waals surface area contributed by atoms with E-state index in [9.17, 15) is 4.79 Å². The zero-order valence-corrected chi connectivity index (χ0v) is 13.8. The Labute approximate surface area is 128 Å². The summed E-state index contributed by atoms with van der Waals surface area (Å²) >= 11 is 0. The second kappa shape index (κ2) is 7.23. The van der Waals surface area contributed by atoms with Crippen LogP contribution in [0.5, 0.6) is 0 Å². The van der Waals surface area contributed by atoms with Crippen LogP contribution in [0.3, 0.4) is 0 Å². The van der Waals surface area contributed by atoms with Gasteiger partial charge in [0.1, 0.15) is 0 Å². The number of carbonyl (C=O) groups excluding carboxylic acids is 1. The van der Waals surface area contributed by atoms with Crippen molar-refractivity contribution in [1.29, 1.82) is 0 Å². The molecule has 0 radical (unpaired) electrons. The van der Waals surface area contributed by atoms with Gasteiger partial charge in [-0.25, -0.2) is 0 Å². The quantitative estimate of drug-likeness (QED) is 0.756. The topological polar surface area (TPSA) is 34.5 Å². The Morgan fingerprint density at radius 1 is 1.48 bits per heavy atom. The third-order valence-electron chi connectivity index (χ3n) is 4.43. The minimum absolute atomic E-state index is 0.224. The number of aryl methyl sites for hydroxylation is 1. The molecule has 4 heteroatoms. The number of Topliss-reactive ketones (excluding diaryl/α,β-unsaturated/α-hetero) is 1. The van der Waals surface area contributed by atoms with Gasteiger partial charge in [-0.1, -0.05) is 0 Å². The van der Waals surface area contributed by atoms with E-state index in [1.165, 1.54) is 12.1 Å². The summed E-state index contributed by atoms with van der Waals surface area (Å²) in [4.78, 5) is 14.7. The lowest BCUT2D eigenvalue weighted by molar-refractivity contribution is 0.0416. The number of ketones is 1. The molecule has 0 spiro atoms. The maximum Gasteiger partial charge on any atom is 0.178 e. The molecule has 1 aromatic rings. The number of aromatic nitrogens is 1. The zero-order chi connectivity index (χ0) is 15.4. The lowest BCUT2D eigenvalue weighted by Crippen LogP contribution is -2.34. The van der Waals surface area contributed by atoms with Gasteiger partial charge in [0.2, 0.25) is 0 Å². The second-order valence-corrected chi connectivity index (χ2v) is 6.23. The number of ether oxygens (including phenoxy) is 1. The van der Waals surface area contributed by atoms with Gasteiger partial charge < -0.3 is 9.30 Å². The van der Waals surface area contributed by atoms with Gasteiger partial charge in [-0.15, -0.1) is 0 Å². The van der Waals surface area contributed by atoms with Crippen molar-refractivity contribution in [3.05, 3.63) is 23.0 Å². The van der Waals surface area contributed by atoms with Crippen LogP contribution in [0.1, 0.15) is 41.5 Å². The van der Waals surface area contributed by atoms with Crippen molar-refractivity contribution in [3.63, 3.8) is 0 Å². The van der Waals surface area contributed by atoms with Gasteiger partial charge in [-0.05, 0) is 52.6 Å². The lowest BCUT2D eigenvalue weighted by atomic mass is 10.0. The van der Waals surface area contributed by atoms with Gasteiger partial charge in [0, 0.05) is 36.6 Å². The summed E-state index contributed by atoms with van der Waals surface area (Å²) in [5.41, 5.74) is 3.14. The molecule has 21 heavy (non-hydrogen) atoms. The van der Waals surface area contributed by atoms with Gasteiger partial charge in [0.15, 0.2) is 5.78 Å². The summed E-state index contributed by atoms with van der Waals surface area (Å²) in [6.45, 7) is 10.3. The Kier molecular flexibility index (Phi) is 5.59. The predicted molar refractivity (Wildman–Crippen MR) is 85.0 cm³/mol. The van der Waals surface area contributed by atoms with E-state index < -0.39 is 0 Å². The standard InChI is InChI=1S/C17H28N2O2/c1-5-19-13(2)9-16(14(19)3)17(20)11-18(4)10-15-7-6-8-21-12-15/h9,15H,5-8,10-12H2,1-4H3. The molecule has 2 heterocycles. The zero-order valence-electron chi connectivity index (χ0n) is 13.8. The van der Waals surface area contributed by atoms with Crippen molar-refractivity contribution in [2.75, 3.05) is 33.4 Å². The molecule has 1 aliphatic rings. The maximum absolute atomic E-state index is 12.5. The van der Waals surface area contributed by atoms with Gasteiger partial charge in [-0.3, -0.25) is 9.69 Å². The van der Waals surface area contributed by atoms with Gasteiger partial charge >= 0.3 is 0 Å². The lowest BCUT2D eigenvalue weighted by Gasteiger charge is -2.26. The minimum Gasteiger partial charge on any atom is -0.381 e. The van der Waals surface area contributed by atoms with Crippen LogP contribution < -0.4 is 0 Å². The van der Waals surface area contributed by atoms with Gasteiger partial charge in [0.25, 0.3) is 0 Å². The molecular formula is C17H28N2O2. The average Bonchev–Trinajstić information content (AvgIpc) is 2.74. The van der Waals surface area contributed by atoms with Crippen molar-refractivity contribution in [1.82, 2.24) is 9.47 Å². The third kappa shape index (κ3) is 3.95. The highest BCUT2D eigenvalue weighted by atomic mass is 16.5. The van der Waals surface area contributed by atoms with Crippen LogP contribution in [0, 0.1) is 19.8 Å². The number of carbonyl (C=O) groups is 1. The first-order chi connectivity index (χ1) is 10.0. The van der Waals surface area contributed by atoms with Crippen molar-refractivity contribution >= 4 is 5.78 Å². The van der Waals surface area contributed by atoms with Crippen LogP contribution in [0.25, 0.3) is 0 Å². The molecule has 2 rings (SSSR count). The van der Waals surface area contributed by atoms with Crippen molar-refractivity contribution in [2.45, 2.75) is 40.2 Å². The van der Waals surface area contributed by atoms with Crippen LogP contribution in [0.2, 0.25) is 0 Å². The van der Waals surface area contributed by atoms with E-state index in [1.807, 2.05) is 20.0 Å². The molecule has 1 atom stereocenters. The summed E-state index contributed by atoms with van der Waals surface area (Å²) < 4.78 is 7.71. The van der Waals surface area contributed by atoms with E-state index in [0.717, 1.165) is 44.0 Å². The first-order valence-electron chi connectivity index (χ1n) is 7.99. The van der Waals surface area contributed by atoms with Crippen LogP contribution in [-0.2, 0) is 11.3 Å². The highest BCUT2D eigenvalue weighted by Gasteiger charge is 2.20. The van der Waals surface area contributed by atoms with E-state index in [-0.39, 0.29) is 5.78 Å². The minimum atomic E-state index is 0.224. The number of nitrogens with zero attached hydrogens (tertiary/aromatic N) is 2. The number of rotatable bonds is 6. The largest absolute Gasteiger partial charge is 0.381 e. The molecule has 1 aliphatic heterocycles. The van der Waals surface area contributed by atoms with E-state index in [2.05, 4.69) is 23.3 Å². The molecule has 1 saturated heterocycles. The molecule has 0 N–H and O–H groups in total. The monoisotopic (exact) mass is 292 g/mol. The predicted octanol–water partition coefficient (Wildman–Crippen LogP) is 2.67. The Morgan fingerprint density at radius 2 is 2.24 bits per heavy atom. The van der Waals surface area contributed by atoms with Gasteiger partial charge in [-0.2, -0.15) is 0 Å². The van der Waals surface area contributed by atoms with E-state index in [4.69, 9.17) is 4.74 Å². The smallest absolute Gasteiger partial charge is 0.178 e. The fourth-order valence-electron chi connectivity index (χ4n) is 3.36. The first-order valence-corrected chi connectivity index (χ1v) is 7.99. The number of likely N-dealkylation sites (N-methyl/N-ethyl adjacent to an activating group) is 1. The number of hydrogen-bond donors (Lipinski definition) is 0. The van der Waals surface area contributed by atoms with Gasteiger partial charge in [0.05, 0.1) is 13.2 Å². The average molecular weight is 292 g/mol. The Hall–Kier alpha value is -1.13. The molecule has 0 saturated carbocycles. The highest BCUT2D eigenvalue weighted by molar-refractivity contribution is 5.99. The summed E-state index contributed by atoms with van der Waals surface area (Å²) in [6.07, 6.45) is 2.35. The van der Waals surface area contributed by atoms with Crippen molar-refractivity contribution < 1.29 is 9.53 Å².